The quantitative estimate of drug-likeness (QED) is 0.408. The van der Waals surface area contributed by atoms with Gasteiger partial charge in [0.15, 0.2) is 23.0 Å². The van der Waals surface area contributed by atoms with Gasteiger partial charge >= 0.3 is 11.9 Å². The van der Waals surface area contributed by atoms with Crippen LogP contribution in [0.4, 0.5) is 0 Å². The van der Waals surface area contributed by atoms with E-state index in [4.69, 9.17) is 25.8 Å². The van der Waals surface area contributed by atoms with Crippen LogP contribution in [0.3, 0.4) is 0 Å². The lowest BCUT2D eigenvalue weighted by molar-refractivity contribution is -0.134. The van der Waals surface area contributed by atoms with Gasteiger partial charge in [0.1, 0.15) is 0 Å². The smallest absolute Gasteiger partial charge is 0.308 e. The molecule has 36 heavy (non-hydrogen) atoms. The first kappa shape index (κ1) is 24.9. The number of hydrogen-bond acceptors (Lipinski definition) is 8. The van der Waals surface area contributed by atoms with Crippen molar-refractivity contribution in [2.45, 2.75) is 41.9 Å². The number of allylic oxidation sites excluding steroid dienone is 1. The Balaban J connectivity index is 1.77. The number of ketones is 1. The van der Waals surface area contributed by atoms with E-state index in [1.807, 2.05) is 36.4 Å². The van der Waals surface area contributed by atoms with Crippen LogP contribution in [0.1, 0.15) is 36.6 Å². The Morgan fingerprint density at radius 1 is 1.08 bits per heavy atom. The van der Waals surface area contributed by atoms with Crippen molar-refractivity contribution in [3.63, 3.8) is 0 Å². The molecule has 1 heterocycles. The van der Waals surface area contributed by atoms with Crippen molar-refractivity contribution < 1.29 is 28.6 Å². The Bertz CT molecular complexity index is 1290. The van der Waals surface area contributed by atoms with Crippen molar-refractivity contribution >= 4 is 41.1 Å². The lowest BCUT2D eigenvalue weighted by atomic mass is 9.59. The topological polar surface area (TPSA) is 82.1 Å². The van der Waals surface area contributed by atoms with E-state index in [9.17, 15) is 14.4 Å². The van der Waals surface area contributed by atoms with Crippen LogP contribution in [0.5, 0.6) is 11.5 Å². The van der Waals surface area contributed by atoms with Crippen LogP contribution >= 0.6 is 23.4 Å². The standard InChI is InChI=1S/C27H26ClNO6S/c1-14(30)34-21-10-9-18-23(25(21)35-15(2)31)27-12-20(32)22(33-4)11-19(27)24(29(3)13-27)26(18)36-17-7-5-16(28)6-8-17/h5-11,19,24,26H,12-13H2,1-4H3/t19-,24-,26-,27+/m1/s1. The number of carbonyl (C=O) groups is 3. The first-order chi connectivity index (χ1) is 17.1. The summed E-state index contributed by atoms with van der Waals surface area (Å²) in [5.41, 5.74) is 1.04. The third-order valence-corrected chi connectivity index (χ3v) is 8.78. The lowest BCUT2D eigenvalue weighted by Gasteiger charge is -2.46. The largest absolute Gasteiger partial charge is 0.493 e. The monoisotopic (exact) mass is 527 g/mol. The minimum atomic E-state index is -0.661. The first-order valence-corrected chi connectivity index (χ1v) is 12.9. The molecule has 188 valence electrons. The zero-order chi connectivity index (χ0) is 25.8. The van der Waals surface area contributed by atoms with Gasteiger partial charge in [-0.1, -0.05) is 17.7 Å². The number of esters is 2. The minimum absolute atomic E-state index is 0.0428. The average molecular weight is 528 g/mol. The maximum atomic E-state index is 13.2. The van der Waals surface area contributed by atoms with Crippen molar-refractivity contribution in [2.24, 2.45) is 5.92 Å². The van der Waals surface area contributed by atoms with E-state index in [1.165, 1.54) is 21.0 Å². The van der Waals surface area contributed by atoms with E-state index in [0.717, 1.165) is 16.0 Å². The summed E-state index contributed by atoms with van der Waals surface area (Å²) in [6, 6.07) is 11.3. The third-order valence-electron chi connectivity index (χ3n) is 7.19. The molecule has 9 heteroatoms. The van der Waals surface area contributed by atoms with Crippen LogP contribution in [0.15, 0.2) is 53.1 Å². The van der Waals surface area contributed by atoms with Crippen molar-refractivity contribution in [3.8, 4) is 11.5 Å². The van der Waals surface area contributed by atoms with Crippen LogP contribution in [-0.4, -0.2) is 49.4 Å². The minimum Gasteiger partial charge on any atom is -0.493 e. The molecule has 1 fully saturated rings. The van der Waals surface area contributed by atoms with E-state index in [0.29, 0.717) is 17.3 Å². The predicted molar refractivity (Wildman–Crippen MR) is 135 cm³/mol. The summed E-state index contributed by atoms with van der Waals surface area (Å²) in [7, 11) is 3.56. The van der Waals surface area contributed by atoms with Gasteiger partial charge in [-0.25, -0.2) is 0 Å². The number of fused-ring (bicyclic) bond motifs is 1. The number of methoxy groups -OCH3 is 1. The summed E-state index contributed by atoms with van der Waals surface area (Å²) in [4.78, 5) is 40.6. The van der Waals surface area contributed by atoms with Crippen LogP contribution in [-0.2, 0) is 24.5 Å². The van der Waals surface area contributed by atoms with Gasteiger partial charge in [0.2, 0.25) is 0 Å². The number of nitrogens with zero attached hydrogens (tertiary/aromatic N) is 1. The molecule has 1 saturated heterocycles. The van der Waals surface area contributed by atoms with Crippen molar-refractivity contribution in [2.75, 3.05) is 20.7 Å². The molecule has 0 unspecified atom stereocenters. The Hall–Kier alpha value is -2.81. The Kier molecular flexibility index (Phi) is 6.39. The van der Waals surface area contributed by atoms with Gasteiger partial charge in [0.05, 0.1) is 12.4 Å². The number of thioether (sulfide) groups is 1. The first-order valence-electron chi connectivity index (χ1n) is 11.6. The summed E-state index contributed by atoms with van der Waals surface area (Å²) in [5, 5.41) is 0.581. The summed E-state index contributed by atoms with van der Waals surface area (Å²) in [6.45, 7) is 3.19. The maximum absolute atomic E-state index is 13.2. The highest BCUT2D eigenvalue weighted by Gasteiger charge is 2.62. The van der Waals surface area contributed by atoms with Crippen molar-refractivity contribution in [1.29, 1.82) is 0 Å². The lowest BCUT2D eigenvalue weighted by Crippen LogP contribution is -2.47. The Morgan fingerprint density at radius 2 is 1.78 bits per heavy atom. The van der Waals surface area contributed by atoms with Crippen LogP contribution in [0.25, 0.3) is 0 Å². The number of carbonyl (C=O) groups excluding carboxylic acids is 3. The number of hydrogen-bond donors (Lipinski definition) is 0. The van der Waals surface area contributed by atoms with Crippen LogP contribution in [0, 0.1) is 5.92 Å². The molecule has 2 aromatic carbocycles. The Morgan fingerprint density at radius 3 is 2.42 bits per heavy atom. The fraction of sp³-hybridized carbons (Fsp3) is 0.370. The maximum Gasteiger partial charge on any atom is 0.308 e. The summed E-state index contributed by atoms with van der Waals surface area (Å²) in [6.07, 6.45) is 2.12. The summed E-state index contributed by atoms with van der Waals surface area (Å²) >= 11 is 7.81. The van der Waals surface area contributed by atoms with Gasteiger partial charge in [0.25, 0.3) is 0 Å². The Labute approximate surface area is 218 Å². The molecule has 4 atom stereocenters. The highest BCUT2D eigenvalue weighted by atomic mass is 35.5. The molecule has 2 aliphatic carbocycles. The second-order valence-electron chi connectivity index (χ2n) is 9.46. The van der Waals surface area contributed by atoms with Gasteiger partial charge in [0, 0.05) is 59.7 Å². The molecule has 2 aromatic rings. The number of likely N-dealkylation sites (tertiary alicyclic amines) is 1. The highest BCUT2D eigenvalue weighted by molar-refractivity contribution is 7.99. The number of halogens is 1. The van der Waals surface area contributed by atoms with E-state index < -0.39 is 17.4 Å². The fourth-order valence-electron chi connectivity index (χ4n) is 6.04. The second-order valence-corrected chi connectivity index (χ2v) is 11.1. The van der Waals surface area contributed by atoms with E-state index in [1.54, 1.807) is 17.8 Å². The van der Waals surface area contributed by atoms with Gasteiger partial charge in [-0.15, -0.1) is 11.8 Å². The average Bonchev–Trinajstić information content (AvgIpc) is 3.04. The van der Waals surface area contributed by atoms with Gasteiger partial charge in [-0.2, -0.15) is 0 Å². The summed E-state index contributed by atoms with van der Waals surface area (Å²) < 4.78 is 16.7. The zero-order valence-electron chi connectivity index (χ0n) is 20.4. The molecule has 0 spiro atoms. The fourth-order valence-corrected chi connectivity index (χ4v) is 7.59. The predicted octanol–water partition coefficient (Wildman–Crippen LogP) is 4.71. The summed E-state index contributed by atoms with van der Waals surface area (Å²) in [5.74, 6) is -0.531. The third kappa shape index (κ3) is 4.01. The number of Topliss-reactive ketones (excluding diaryl/α,β-unsaturated/α-hetero) is 1. The van der Waals surface area contributed by atoms with Gasteiger partial charge in [-0.3, -0.25) is 14.4 Å². The molecule has 1 aliphatic heterocycles. The highest BCUT2D eigenvalue weighted by Crippen LogP contribution is 2.64. The van der Waals surface area contributed by atoms with Crippen LogP contribution < -0.4 is 9.47 Å². The SMILES string of the molecule is COC1=C[C@@H]2[C@@H]3[C@H](Sc4ccc(Cl)cc4)c4ccc(OC(C)=O)c(OC(C)=O)c4[C@@]2(CC1=O)CN3C. The second kappa shape index (κ2) is 9.25. The number of ether oxygens (including phenoxy) is 3. The molecule has 7 nitrogen and oxygen atoms in total. The number of likely N-dealkylation sites (N-methyl/N-ethyl adjacent to an activating group) is 1. The molecule has 0 N–H and O–H groups in total. The normalized spacial score (nSPS) is 26.5. The van der Waals surface area contributed by atoms with Crippen LogP contribution in [0.2, 0.25) is 5.02 Å². The molecule has 3 aliphatic rings. The van der Waals surface area contributed by atoms with Crippen molar-refractivity contribution in [3.05, 3.63) is 64.4 Å². The molecule has 0 aromatic heterocycles. The van der Waals surface area contributed by atoms with E-state index >= 15 is 0 Å². The molecular weight excluding hydrogens is 502 g/mol. The zero-order valence-corrected chi connectivity index (χ0v) is 21.9. The molecule has 5 rings (SSSR count). The molecule has 2 bridgehead atoms. The molecule has 0 radical (unpaired) electrons. The molecule has 0 saturated carbocycles. The molecular formula is C27H26ClNO6S. The van der Waals surface area contributed by atoms with Gasteiger partial charge in [-0.05, 0) is 49.0 Å². The number of benzene rings is 2. The van der Waals surface area contributed by atoms with E-state index in [-0.39, 0.29) is 40.9 Å². The number of rotatable bonds is 5. The molecule has 0 amide bonds. The van der Waals surface area contributed by atoms with E-state index in [2.05, 4.69) is 11.9 Å². The van der Waals surface area contributed by atoms with Gasteiger partial charge < -0.3 is 19.1 Å². The van der Waals surface area contributed by atoms with Crippen molar-refractivity contribution in [1.82, 2.24) is 4.90 Å².